The number of hydrogen-bond acceptors (Lipinski definition) is 4. The second kappa shape index (κ2) is 7.68. The Kier molecular flexibility index (Phi) is 5.62. The third-order valence-electron chi connectivity index (χ3n) is 3.39. The summed E-state index contributed by atoms with van der Waals surface area (Å²) in [5.74, 6) is 0.770. The summed E-state index contributed by atoms with van der Waals surface area (Å²) in [6.45, 7) is 6.03. The Bertz CT molecular complexity index is 453. The molecular weight excluding hydrogens is 272 g/mol. The third kappa shape index (κ3) is 4.78. The van der Waals surface area contributed by atoms with Crippen LogP contribution in [-0.4, -0.2) is 61.0 Å². The number of carbonyl (C=O) groups is 2. The van der Waals surface area contributed by atoms with E-state index in [1.165, 1.54) is 0 Å². The first kappa shape index (κ1) is 15.4. The van der Waals surface area contributed by atoms with Gasteiger partial charge in [0.25, 0.3) is 0 Å². The van der Waals surface area contributed by atoms with Gasteiger partial charge in [0.05, 0.1) is 19.4 Å². The number of carbonyl (C=O) groups excluding carboxylic acids is 2. The second-order valence-electron chi connectivity index (χ2n) is 4.95. The summed E-state index contributed by atoms with van der Waals surface area (Å²) in [6, 6.07) is 3.52. The van der Waals surface area contributed by atoms with Crippen LogP contribution in [0.15, 0.2) is 22.8 Å². The van der Waals surface area contributed by atoms with E-state index in [1.807, 2.05) is 13.0 Å². The molecule has 116 valence electrons. The number of likely N-dealkylation sites (N-methyl/N-ethyl adjacent to an activating group) is 1. The summed E-state index contributed by atoms with van der Waals surface area (Å²) in [5.41, 5.74) is 0. The van der Waals surface area contributed by atoms with Crippen molar-refractivity contribution in [1.82, 2.24) is 20.4 Å². The highest BCUT2D eigenvalue weighted by Gasteiger charge is 2.22. The molecular formula is C14H22N4O3. The molecule has 1 aromatic rings. The Morgan fingerprint density at radius 3 is 2.62 bits per heavy atom. The highest BCUT2D eigenvalue weighted by atomic mass is 16.3. The minimum atomic E-state index is -0.0935. The predicted octanol–water partition coefficient (Wildman–Crippen LogP) is 0.243. The zero-order valence-electron chi connectivity index (χ0n) is 12.3. The first-order chi connectivity index (χ1) is 10.2. The van der Waals surface area contributed by atoms with Crippen LogP contribution in [0.1, 0.15) is 12.7 Å². The zero-order chi connectivity index (χ0) is 15.1. The first-order valence-electron chi connectivity index (χ1n) is 7.23. The van der Waals surface area contributed by atoms with Crippen LogP contribution in [0, 0.1) is 0 Å². The lowest BCUT2D eigenvalue weighted by atomic mass is 10.3. The molecule has 0 bridgehead atoms. The molecule has 0 unspecified atom stereocenters. The number of nitrogens with one attached hydrogen (secondary N) is 2. The van der Waals surface area contributed by atoms with Crippen LogP contribution in [0.4, 0.5) is 4.79 Å². The van der Waals surface area contributed by atoms with Crippen LogP contribution >= 0.6 is 0 Å². The lowest BCUT2D eigenvalue weighted by molar-refractivity contribution is -0.122. The van der Waals surface area contributed by atoms with Gasteiger partial charge in [-0.15, -0.1) is 0 Å². The fourth-order valence-electron chi connectivity index (χ4n) is 2.25. The van der Waals surface area contributed by atoms with Gasteiger partial charge in [-0.3, -0.25) is 9.69 Å². The fraction of sp³-hybridized carbons (Fsp3) is 0.571. The lowest BCUT2D eigenvalue weighted by Crippen LogP contribution is -2.53. The molecule has 7 heteroatoms. The number of furan rings is 1. The van der Waals surface area contributed by atoms with Gasteiger partial charge in [0.2, 0.25) is 5.91 Å². The topological polar surface area (TPSA) is 77.8 Å². The SMILES string of the molecule is CCNC(=O)CN1CCN(C(=O)NCc2ccco2)CC1. The largest absolute Gasteiger partial charge is 0.467 e. The minimum Gasteiger partial charge on any atom is -0.467 e. The molecule has 0 spiro atoms. The number of hydrogen-bond donors (Lipinski definition) is 2. The van der Waals surface area contributed by atoms with Gasteiger partial charge in [-0.25, -0.2) is 4.79 Å². The van der Waals surface area contributed by atoms with E-state index in [0.29, 0.717) is 45.8 Å². The molecule has 0 aromatic carbocycles. The van der Waals surface area contributed by atoms with Gasteiger partial charge < -0.3 is 20.0 Å². The number of rotatable bonds is 5. The number of amides is 3. The molecule has 2 N–H and O–H groups in total. The van der Waals surface area contributed by atoms with Crippen LogP contribution < -0.4 is 10.6 Å². The predicted molar refractivity (Wildman–Crippen MR) is 77.6 cm³/mol. The Balaban J connectivity index is 1.68. The van der Waals surface area contributed by atoms with Gasteiger partial charge in [-0.05, 0) is 19.1 Å². The minimum absolute atomic E-state index is 0.0354. The maximum Gasteiger partial charge on any atom is 0.317 e. The number of urea groups is 1. The van der Waals surface area contributed by atoms with Gasteiger partial charge in [-0.1, -0.05) is 0 Å². The van der Waals surface area contributed by atoms with Crippen LogP contribution in [0.5, 0.6) is 0 Å². The summed E-state index contributed by atoms with van der Waals surface area (Å²) in [4.78, 5) is 27.3. The van der Waals surface area contributed by atoms with Crippen LogP contribution in [-0.2, 0) is 11.3 Å². The van der Waals surface area contributed by atoms with E-state index in [1.54, 1.807) is 17.2 Å². The molecule has 21 heavy (non-hydrogen) atoms. The molecule has 2 heterocycles. The van der Waals surface area contributed by atoms with E-state index in [4.69, 9.17) is 4.42 Å². The van der Waals surface area contributed by atoms with E-state index in [-0.39, 0.29) is 11.9 Å². The van der Waals surface area contributed by atoms with Gasteiger partial charge in [0.1, 0.15) is 5.76 Å². The molecule has 7 nitrogen and oxygen atoms in total. The van der Waals surface area contributed by atoms with Crippen molar-refractivity contribution in [3.8, 4) is 0 Å². The van der Waals surface area contributed by atoms with E-state index >= 15 is 0 Å². The molecule has 1 saturated heterocycles. The summed E-state index contributed by atoms with van der Waals surface area (Å²) in [6.07, 6.45) is 1.58. The maximum atomic E-state index is 12.0. The van der Waals surface area contributed by atoms with Gasteiger partial charge >= 0.3 is 6.03 Å². The average Bonchev–Trinajstić information content (AvgIpc) is 2.99. The smallest absolute Gasteiger partial charge is 0.317 e. The van der Waals surface area contributed by atoms with Crippen molar-refractivity contribution < 1.29 is 14.0 Å². The Morgan fingerprint density at radius 1 is 1.24 bits per heavy atom. The normalized spacial score (nSPS) is 15.8. The van der Waals surface area contributed by atoms with Crippen LogP contribution in [0.3, 0.4) is 0 Å². The van der Waals surface area contributed by atoms with Gasteiger partial charge in [0.15, 0.2) is 0 Å². The fourth-order valence-corrected chi connectivity index (χ4v) is 2.25. The highest BCUT2D eigenvalue weighted by Crippen LogP contribution is 2.03. The van der Waals surface area contributed by atoms with E-state index < -0.39 is 0 Å². The standard InChI is InChI=1S/C14H22N4O3/c1-2-15-13(19)11-17-5-7-18(8-6-17)14(20)16-10-12-4-3-9-21-12/h3-4,9H,2,5-8,10-11H2,1H3,(H,15,19)(H,16,20). The Labute approximate surface area is 124 Å². The summed E-state index contributed by atoms with van der Waals surface area (Å²) >= 11 is 0. The van der Waals surface area contributed by atoms with Crippen molar-refractivity contribution in [3.05, 3.63) is 24.2 Å². The quantitative estimate of drug-likeness (QED) is 0.815. The molecule has 1 aliphatic rings. The van der Waals surface area contributed by atoms with Crippen LogP contribution in [0.2, 0.25) is 0 Å². The Hall–Kier alpha value is -2.02. The molecule has 0 atom stereocenters. The average molecular weight is 294 g/mol. The monoisotopic (exact) mass is 294 g/mol. The molecule has 0 aliphatic carbocycles. The molecule has 2 rings (SSSR count). The first-order valence-corrected chi connectivity index (χ1v) is 7.23. The van der Waals surface area contributed by atoms with Crippen molar-refractivity contribution in [2.24, 2.45) is 0 Å². The van der Waals surface area contributed by atoms with E-state index in [2.05, 4.69) is 15.5 Å². The van der Waals surface area contributed by atoms with Gasteiger partial charge in [0, 0.05) is 32.7 Å². The van der Waals surface area contributed by atoms with E-state index in [0.717, 1.165) is 5.76 Å². The second-order valence-corrected chi connectivity index (χ2v) is 4.95. The molecule has 1 aliphatic heterocycles. The van der Waals surface area contributed by atoms with E-state index in [9.17, 15) is 9.59 Å². The molecule has 0 saturated carbocycles. The molecule has 3 amide bonds. The number of piperazine rings is 1. The zero-order valence-corrected chi connectivity index (χ0v) is 12.3. The van der Waals surface area contributed by atoms with Gasteiger partial charge in [-0.2, -0.15) is 0 Å². The third-order valence-corrected chi connectivity index (χ3v) is 3.39. The number of nitrogens with zero attached hydrogens (tertiary/aromatic N) is 2. The van der Waals surface area contributed by atoms with Crippen LogP contribution in [0.25, 0.3) is 0 Å². The van der Waals surface area contributed by atoms with Crippen molar-refractivity contribution in [2.75, 3.05) is 39.3 Å². The molecule has 1 fully saturated rings. The maximum absolute atomic E-state index is 12.0. The summed E-state index contributed by atoms with van der Waals surface area (Å²) in [5, 5.41) is 5.60. The summed E-state index contributed by atoms with van der Waals surface area (Å²) in [7, 11) is 0. The molecule has 0 radical (unpaired) electrons. The van der Waals surface area contributed by atoms with Crippen molar-refractivity contribution in [2.45, 2.75) is 13.5 Å². The molecule has 1 aromatic heterocycles. The Morgan fingerprint density at radius 2 is 2.00 bits per heavy atom. The van der Waals surface area contributed by atoms with Crippen molar-refractivity contribution in [3.63, 3.8) is 0 Å². The summed E-state index contributed by atoms with van der Waals surface area (Å²) < 4.78 is 5.17. The van der Waals surface area contributed by atoms with Crippen molar-refractivity contribution in [1.29, 1.82) is 0 Å². The lowest BCUT2D eigenvalue weighted by Gasteiger charge is -2.34. The van der Waals surface area contributed by atoms with Crippen molar-refractivity contribution >= 4 is 11.9 Å². The highest BCUT2D eigenvalue weighted by molar-refractivity contribution is 5.78.